The van der Waals surface area contributed by atoms with E-state index in [9.17, 15) is 4.79 Å². The molecule has 1 aromatic heterocycles. The maximum absolute atomic E-state index is 12.9. The molecule has 0 radical (unpaired) electrons. The molecule has 0 bridgehead atoms. The summed E-state index contributed by atoms with van der Waals surface area (Å²) in [6, 6.07) is 6.17. The molecule has 120 valence electrons. The number of aryl methyl sites for hydroxylation is 2. The highest BCUT2D eigenvalue weighted by Gasteiger charge is 2.13. The number of benzene rings is 1. The summed E-state index contributed by atoms with van der Waals surface area (Å²) in [5.41, 5.74) is 4.27. The smallest absolute Gasteiger partial charge is 0.194 e. The number of pyridine rings is 1. The van der Waals surface area contributed by atoms with Crippen LogP contribution in [0.5, 0.6) is 0 Å². The lowest BCUT2D eigenvalue weighted by Gasteiger charge is -2.21. The van der Waals surface area contributed by atoms with Crippen LogP contribution in [0, 0.1) is 6.92 Å². The Labute approximate surface area is 133 Å². The van der Waals surface area contributed by atoms with E-state index in [2.05, 4.69) is 36.7 Å². The zero-order chi connectivity index (χ0) is 16.1. The van der Waals surface area contributed by atoms with Crippen LogP contribution in [0.15, 0.2) is 23.0 Å². The molecule has 22 heavy (non-hydrogen) atoms. The molecule has 1 N–H and O–H groups in total. The number of aromatic nitrogens is 1. The fourth-order valence-corrected chi connectivity index (χ4v) is 3.03. The third-order valence-electron chi connectivity index (χ3n) is 4.25. The van der Waals surface area contributed by atoms with Crippen molar-refractivity contribution in [3.8, 4) is 0 Å². The van der Waals surface area contributed by atoms with Crippen molar-refractivity contribution in [3.05, 3.63) is 45.2 Å². The number of hydrogen-bond donors (Lipinski definition) is 1. The Bertz CT molecular complexity index is 682. The van der Waals surface area contributed by atoms with E-state index >= 15 is 0 Å². The average Bonchev–Trinajstić information content (AvgIpc) is 2.51. The van der Waals surface area contributed by atoms with E-state index < -0.39 is 0 Å². The maximum atomic E-state index is 12.9. The van der Waals surface area contributed by atoms with E-state index in [1.807, 2.05) is 19.1 Å². The van der Waals surface area contributed by atoms with E-state index in [4.69, 9.17) is 0 Å². The third kappa shape index (κ3) is 3.58. The highest BCUT2D eigenvalue weighted by atomic mass is 16.1. The molecule has 0 atom stereocenters. The van der Waals surface area contributed by atoms with Crippen molar-refractivity contribution in [2.75, 3.05) is 13.1 Å². The second kappa shape index (κ2) is 7.59. The summed E-state index contributed by atoms with van der Waals surface area (Å²) in [5, 5.41) is 0.827. The lowest BCUT2D eigenvalue weighted by atomic mass is 10.0. The van der Waals surface area contributed by atoms with Crippen LogP contribution in [-0.4, -0.2) is 23.0 Å². The number of nitrogens with zero attached hydrogens (tertiary/aromatic N) is 1. The van der Waals surface area contributed by atoms with Gasteiger partial charge in [-0.3, -0.25) is 9.69 Å². The number of H-pyrrole nitrogens is 1. The van der Waals surface area contributed by atoms with Crippen LogP contribution in [0.1, 0.15) is 50.4 Å². The molecule has 1 aromatic carbocycles. The van der Waals surface area contributed by atoms with Crippen LogP contribution in [0.25, 0.3) is 10.9 Å². The summed E-state index contributed by atoms with van der Waals surface area (Å²) >= 11 is 0. The summed E-state index contributed by atoms with van der Waals surface area (Å²) < 4.78 is 0. The van der Waals surface area contributed by atoms with E-state index in [1.165, 1.54) is 5.56 Å². The molecule has 2 aromatic rings. The van der Waals surface area contributed by atoms with Crippen molar-refractivity contribution >= 4 is 10.9 Å². The number of fused-ring (bicyclic) bond motifs is 1. The van der Waals surface area contributed by atoms with E-state index in [1.54, 1.807) is 0 Å². The van der Waals surface area contributed by atoms with Gasteiger partial charge in [0.1, 0.15) is 0 Å². The normalized spacial score (nSPS) is 11.5. The Hall–Kier alpha value is -1.61. The number of nitrogens with one attached hydrogen (secondary N) is 1. The van der Waals surface area contributed by atoms with E-state index in [-0.39, 0.29) is 5.43 Å². The molecule has 0 unspecified atom stereocenters. The summed E-state index contributed by atoms with van der Waals surface area (Å²) in [6.07, 6.45) is 3.19. The standard InChI is InChI=1S/C19H28N2O/c1-5-10-21(11-6-2)13-17-14(4)20-18-9-8-15(7-3)12-16(18)19(17)22/h8-9,12H,5-7,10-11,13H2,1-4H3,(H,20,22). The first-order chi connectivity index (χ1) is 10.6. The van der Waals surface area contributed by atoms with Crippen molar-refractivity contribution in [1.82, 2.24) is 9.88 Å². The Morgan fingerprint density at radius 2 is 1.77 bits per heavy atom. The van der Waals surface area contributed by atoms with Crippen LogP contribution >= 0.6 is 0 Å². The van der Waals surface area contributed by atoms with Gasteiger partial charge in [-0.15, -0.1) is 0 Å². The quantitative estimate of drug-likeness (QED) is 0.838. The van der Waals surface area contributed by atoms with Gasteiger partial charge in [-0.1, -0.05) is 26.8 Å². The van der Waals surface area contributed by atoms with Crippen LogP contribution < -0.4 is 5.43 Å². The number of rotatable bonds is 7. The summed E-state index contributed by atoms with van der Waals surface area (Å²) in [6.45, 7) is 11.3. The van der Waals surface area contributed by atoms with Gasteiger partial charge >= 0.3 is 0 Å². The molecule has 3 nitrogen and oxygen atoms in total. The molecule has 0 spiro atoms. The van der Waals surface area contributed by atoms with Crippen LogP contribution in [-0.2, 0) is 13.0 Å². The first-order valence-corrected chi connectivity index (χ1v) is 8.47. The molecule has 3 heteroatoms. The van der Waals surface area contributed by atoms with Crippen molar-refractivity contribution in [2.45, 2.75) is 53.5 Å². The first-order valence-electron chi connectivity index (χ1n) is 8.47. The van der Waals surface area contributed by atoms with E-state index in [0.717, 1.165) is 61.1 Å². The Balaban J connectivity index is 2.46. The fourth-order valence-electron chi connectivity index (χ4n) is 3.03. The highest BCUT2D eigenvalue weighted by Crippen LogP contribution is 2.15. The summed E-state index contributed by atoms with van der Waals surface area (Å²) in [4.78, 5) is 18.7. The largest absolute Gasteiger partial charge is 0.358 e. The SMILES string of the molecule is CCCN(CCC)Cc1c(C)[nH]c2ccc(CC)cc2c1=O. The molecule has 1 heterocycles. The summed E-state index contributed by atoms with van der Waals surface area (Å²) in [7, 11) is 0. The molecular formula is C19H28N2O. The number of hydrogen-bond acceptors (Lipinski definition) is 2. The van der Waals surface area contributed by atoms with Gasteiger partial charge in [-0.05, 0) is 57.0 Å². The Kier molecular flexibility index (Phi) is 5.78. The highest BCUT2D eigenvalue weighted by molar-refractivity contribution is 5.80. The molecule has 0 aliphatic heterocycles. The minimum atomic E-state index is 0.193. The Morgan fingerprint density at radius 1 is 1.09 bits per heavy atom. The lowest BCUT2D eigenvalue weighted by Crippen LogP contribution is -2.29. The zero-order valence-electron chi connectivity index (χ0n) is 14.3. The predicted octanol–water partition coefficient (Wildman–Crippen LogP) is 4.02. The summed E-state index contributed by atoms with van der Waals surface area (Å²) in [5.74, 6) is 0. The fraction of sp³-hybridized carbons (Fsp3) is 0.526. The van der Waals surface area contributed by atoms with Crippen LogP contribution in [0.2, 0.25) is 0 Å². The zero-order valence-corrected chi connectivity index (χ0v) is 14.3. The van der Waals surface area contributed by atoms with Gasteiger partial charge in [0.15, 0.2) is 5.43 Å². The third-order valence-corrected chi connectivity index (χ3v) is 4.25. The molecule has 0 saturated heterocycles. The molecule has 0 fully saturated rings. The second-order valence-electron chi connectivity index (χ2n) is 6.07. The minimum Gasteiger partial charge on any atom is -0.358 e. The lowest BCUT2D eigenvalue weighted by molar-refractivity contribution is 0.265. The van der Waals surface area contributed by atoms with Crippen LogP contribution in [0.3, 0.4) is 0 Å². The molecule has 2 rings (SSSR count). The molecular weight excluding hydrogens is 272 g/mol. The van der Waals surface area contributed by atoms with Crippen LogP contribution in [0.4, 0.5) is 0 Å². The van der Waals surface area contributed by atoms with Gasteiger partial charge in [0.2, 0.25) is 0 Å². The average molecular weight is 300 g/mol. The van der Waals surface area contributed by atoms with Crippen molar-refractivity contribution in [1.29, 1.82) is 0 Å². The topological polar surface area (TPSA) is 36.1 Å². The van der Waals surface area contributed by atoms with Gasteiger partial charge in [-0.2, -0.15) is 0 Å². The van der Waals surface area contributed by atoms with Crippen molar-refractivity contribution < 1.29 is 0 Å². The molecule has 0 aliphatic rings. The van der Waals surface area contributed by atoms with Gasteiger partial charge in [0.25, 0.3) is 0 Å². The molecule has 0 amide bonds. The van der Waals surface area contributed by atoms with Gasteiger partial charge in [-0.25, -0.2) is 0 Å². The monoisotopic (exact) mass is 300 g/mol. The maximum Gasteiger partial charge on any atom is 0.194 e. The number of aromatic amines is 1. The molecule has 0 aliphatic carbocycles. The van der Waals surface area contributed by atoms with Gasteiger partial charge in [0.05, 0.1) is 0 Å². The Morgan fingerprint density at radius 3 is 2.36 bits per heavy atom. The van der Waals surface area contributed by atoms with Crippen molar-refractivity contribution in [2.24, 2.45) is 0 Å². The van der Waals surface area contributed by atoms with Gasteiger partial charge in [0, 0.05) is 28.7 Å². The van der Waals surface area contributed by atoms with Gasteiger partial charge < -0.3 is 4.98 Å². The minimum absolute atomic E-state index is 0.193. The predicted molar refractivity (Wildman–Crippen MR) is 94.5 cm³/mol. The van der Waals surface area contributed by atoms with Crippen molar-refractivity contribution in [3.63, 3.8) is 0 Å². The van der Waals surface area contributed by atoms with E-state index in [0.29, 0.717) is 0 Å². The second-order valence-corrected chi connectivity index (χ2v) is 6.07. The molecule has 0 saturated carbocycles. The first kappa shape index (κ1) is 16.8.